The van der Waals surface area contributed by atoms with Gasteiger partial charge in [-0.25, -0.2) is 0 Å². The minimum absolute atomic E-state index is 0.0110. The van der Waals surface area contributed by atoms with Crippen LogP contribution < -0.4 is 4.74 Å². The second-order valence-electron chi connectivity index (χ2n) is 3.42. The zero-order chi connectivity index (χ0) is 12.9. The lowest BCUT2D eigenvalue weighted by atomic mass is 10.2. The van der Waals surface area contributed by atoms with E-state index in [0.29, 0.717) is 11.3 Å². The summed E-state index contributed by atoms with van der Waals surface area (Å²) in [6.45, 7) is -0.757. The molecule has 0 radical (unpaired) electrons. The number of hydrogen-bond donors (Lipinski definition) is 1. The molecule has 96 valence electrons. The summed E-state index contributed by atoms with van der Waals surface area (Å²) in [6.07, 6.45) is -7.08. The van der Waals surface area contributed by atoms with Gasteiger partial charge in [0.15, 0.2) is 6.10 Å². The SMILES string of the molecule is COc1ccc(COCC(O)C(F)(F)F)cc1. The highest BCUT2D eigenvalue weighted by atomic mass is 19.4. The van der Waals surface area contributed by atoms with Gasteiger partial charge in [0.05, 0.1) is 20.3 Å². The zero-order valence-corrected chi connectivity index (χ0v) is 9.20. The van der Waals surface area contributed by atoms with E-state index in [-0.39, 0.29) is 6.61 Å². The first kappa shape index (κ1) is 13.8. The average Bonchev–Trinajstić information content (AvgIpc) is 2.28. The third-order valence-electron chi connectivity index (χ3n) is 2.08. The summed E-state index contributed by atoms with van der Waals surface area (Å²) in [6, 6.07) is 6.72. The van der Waals surface area contributed by atoms with Crippen LogP contribution in [-0.2, 0) is 11.3 Å². The van der Waals surface area contributed by atoms with Crippen molar-refractivity contribution in [1.82, 2.24) is 0 Å². The Morgan fingerprint density at radius 2 is 1.82 bits per heavy atom. The second kappa shape index (κ2) is 5.88. The van der Waals surface area contributed by atoms with Crippen molar-refractivity contribution in [1.29, 1.82) is 0 Å². The molecule has 1 aromatic carbocycles. The Hall–Kier alpha value is -1.27. The fourth-order valence-corrected chi connectivity index (χ4v) is 1.10. The number of halogens is 3. The first-order chi connectivity index (χ1) is 7.93. The highest BCUT2D eigenvalue weighted by molar-refractivity contribution is 5.26. The van der Waals surface area contributed by atoms with Gasteiger partial charge in [-0.2, -0.15) is 13.2 Å². The van der Waals surface area contributed by atoms with Gasteiger partial charge in [-0.3, -0.25) is 0 Å². The number of alkyl halides is 3. The third-order valence-corrected chi connectivity index (χ3v) is 2.08. The second-order valence-corrected chi connectivity index (χ2v) is 3.42. The van der Waals surface area contributed by atoms with E-state index in [1.807, 2.05) is 0 Å². The molecule has 0 aliphatic heterocycles. The van der Waals surface area contributed by atoms with Gasteiger partial charge in [0.25, 0.3) is 0 Å². The van der Waals surface area contributed by atoms with E-state index in [4.69, 9.17) is 14.6 Å². The molecule has 3 nitrogen and oxygen atoms in total. The van der Waals surface area contributed by atoms with Crippen LogP contribution in [0.2, 0.25) is 0 Å². The van der Waals surface area contributed by atoms with Crippen molar-refractivity contribution < 1.29 is 27.8 Å². The Labute approximate surface area is 96.8 Å². The summed E-state index contributed by atoms with van der Waals surface area (Å²) in [5.41, 5.74) is 0.708. The summed E-state index contributed by atoms with van der Waals surface area (Å²) < 4.78 is 45.5. The number of rotatable bonds is 5. The summed E-state index contributed by atoms with van der Waals surface area (Å²) in [7, 11) is 1.52. The highest BCUT2D eigenvalue weighted by Gasteiger charge is 2.38. The van der Waals surface area contributed by atoms with Crippen molar-refractivity contribution in [3.63, 3.8) is 0 Å². The number of methoxy groups -OCH3 is 1. The molecule has 17 heavy (non-hydrogen) atoms. The van der Waals surface area contributed by atoms with E-state index in [9.17, 15) is 13.2 Å². The predicted molar refractivity (Wildman–Crippen MR) is 54.7 cm³/mol. The molecule has 0 saturated heterocycles. The van der Waals surface area contributed by atoms with Crippen molar-refractivity contribution in [3.05, 3.63) is 29.8 Å². The predicted octanol–water partition coefficient (Wildman–Crippen LogP) is 2.13. The zero-order valence-electron chi connectivity index (χ0n) is 9.20. The van der Waals surface area contributed by atoms with Gasteiger partial charge in [-0.05, 0) is 17.7 Å². The van der Waals surface area contributed by atoms with E-state index in [2.05, 4.69) is 0 Å². The smallest absolute Gasteiger partial charge is 0.416 e. The largest absolute Gasteiger partial charge is 0.497 e. The van der Waals surface area contributed by atoms with Gasteiger partial charge < -0.3 is 14.6 Å². The molecular formula is C11H13F3O3. The van der Waals surface area contributed by atoms with E-state index >= 15 is 0 Å². The monoisotopic (exact) mass is 250 g/mol. The number of ether oxygens (including phenoxy) is 2. The van der Waals surface area contributed by atoms with Gasteiger partial charge in [0, 0.05) is 0 Å². The van der Waals surface area contributed by atoms with Gasteiger partial charge >= 0.3 is 6.18 Å². The highest BCUT2D eigenvalue weighted by Crippen LogP contribution is 2.20. The van der Waals surface area contributed by atoms with E-state index in [1.165, 1.54) is 7.11 Å². The number of benzene rings is 1. The fourth-order valence-electron chi connectivity index (χ4n) is 1.10. The van der Waals surface area contributed by atoms with Gasteiger partial charge in [0.1, 0.15) is 5.75 Å². The third kappa shape index (κ3) is 4.62. The fraction of sp³-hybridized carbons (Fsp3) is 0.455. The number of aliphatic hydroxyl groups is 1. The standard InChI is InChI=1S/C11H13F3O3/c1-16-9-4-2-8(3-5-9)6-17-7-10(15)11(12,13)14/h2-5,10,15H,6-7H2,1H3. The van der Waals surface area contributed by atoms with Crippen molar-refractivity contribution >= 4 is 0 Å². The van der Waals surface area contributed by atoms with Crippen molar-refractivity contribution in [2.75, 3.05) is 13.7 Å². The first-order valence-electron chi connectivity index (χ1n) is 4.89. The van der Waals surface area contributed by atoms with Crippen molar-refractivity contribution in [2.45, 2.75) is 18.9 Å². The molecule has 0 amide bonds. The Kier molecular flexibility index (Phi) is 4.77. The van der Waals surface area contributed by atoms with Gasteiger partial charge in [0.2, 0.25) is 0 Å². The van der Waals surface area contributed by atoms with Crippen LogP contribution in [0.15, 0.2) is 24.3 Å². The van der Waals surface area contributed by atoms with Crippen LogP contribution in [0.4, 0.5) is 13.2 Å². The Bertz CT molecular complexity index is 335. The molecule has 0 aliphatic carbocycles. The molecule has 0 bridgehead atoms. The van der Waals surface area contributed by atoms with Crippen molar-refractivity contribution in [3.8, 4) is 5.75 Å². The Morgan fingerprint density at radius 3 is 2.29 bits per heavy atom. The molecule has 1 atom stereocenters. The maximum Gasteiger partial charge on any atom is 0.416 e. The molecule has 0 spiro atoms. The molecule has 0 aliphatic rings. The van der Waals surface area contributed by atoms with E-state index in [1.54, 1.807) is 24.3 Å². The summed E-state index contributed by atoms with van der Waals surface area (Å²) in [4.78, 5) is 0. The molecule has 0 heterocycles. The van der Waals surface area contributed by atoms with Crippen LogP contribution in [0, 0.1) is 0 Å². The summed E-state index contributed by atoms with van der Waals surface area (Å²) >= 11 is 0. The average molecular weight is 250 g/mol. The van der Waals surface area contributed by atoms with Crippen LogP contribution in [-0.4, -0.2) is 31.1 Å². The number of aliphatic hydroxyl groups excluding tert-OH is 1. The topological polar surface area (TPSA) is 38.7 Å². The molecule has 0 saturated carbocycles. The molecule has 1 rings (SSSR count). The molecule has 1 aromatic rings. The molecule has 0 fully saturated rings. The molecule has 1 unspecified atom stereocenters. The molecule has 0 aromatic heterocycles. The summed E-state index contributed by atoms with van der Waals surface area (Å²) in [5.74, 6) is 0.657. The van der Waals surface area contributed by atoms with Gasteiger partial charge in [-0.1, -0.05) is 12.1 Å². The van der Waals surface area contributed by atoms with Crippen LogP contribution in [0.3, 0.4) is 0 Å². The minimum Gasteiger partial charge on any atom is -0.497 e. The maximum atomic E-state index is 11.9. The van der Waals surface area contributed by atoms with Gasteiger partial charge in [-0.15, -0.1) is 0 Å². The minimum atomic E-state index is -4.64. The molecule has 1 N–H and O–H groups in total. The normalized spacial score (nSPS) is 13.5. The quantitative estimate of drug-likeness (QED) is 0.870. The van der Waals surface area contributed by atoms with Crippen molar-refractivity contribution in [2.24, 2.45) is 0 Å². The lowest BCUT2D eigenvalue weighted by Gasteiger charge is -2.14. The lowest BCUT2D eigenvalue weighted by Crippen LogP contribution is -2.32. The summed E-state index contributed by atoms with van der Waals surface area (Å²) in [5, 5.41) is 8.68. The Balaban J connectivity index is 2.35. The lowest BCUT2D eigenvalue weighted by molar-refractivity contribution is -0.218. The maximum absolute atomic E-state index is 11.9. The van der Waals surface area contributed by atoms with E-state index in [0.717, 1.165) is 0 Å². The van der Waals surface area contributed by atoms with Crippen LogP contribution >= 0.6 is 0 Å². The van der Waals surface area contributed by atoms with Crippen LogP contribution in [0.5, 0.6) is 5.75 Å². The molecular weight excluding hydrogens is 237 g/mol. The Morgan fingerprint density at radius 1 is 1.24 bits per heavy atom. The first-order valence-corrected chi connectivity index (χ1v) is 4.89. The van der Waals surface area contributed by atoms with Crippen LogP contribution in [0.1, 0.15) is 5.56 Å². The van der Waals surface area contributed by atoms with E-state index < -0.39 is 18.9 Å². The molecule has 6 heteroatoms. The van der Waals surface area contributed by atoms with Crippen LogP contribution in [0.25, 0.3) is 0 Å². The number of hydrogen-bond acceptors (Lipinski definition) is 3.